The summed E-state index contributed by atoms with van der Waals surface area (Å²) in [5, 5.41) is 3.12. The third-order valence-electron chi connectivity index (χ3n) is 5.03. The molecule has 3 heterocycles. The van der Waals surface area contributed by atoms with E-state index in [4.69, 9.17) is 0 Å². The van der Waals surface area contributed by atoms with Crippen LogP contribution < -0.4 is 10.2 Å². The van der Waals surface area contributed by atoms with Gasteiger partial charge < -0.3 is 10.2 Å². The van der Waals surface area contributed by atoms with E-state index in [1.165, 1.54) is 0 Å². The van der Waals surface area contributed by atoms with Gasteiger partial charge in [0.05, 0.1) is 17.3 Å². The number of nitrogens with zero attached hydrogens (tertiary/aromatic N) is 4. The Labute approximate surface area is 164 Å². The summed E-state index contributed by atoms with van der Waals surface area (Å²) in [7, 11) is 0. The van der Waals surface area contributed by atoms with Crippen LogP contribution in [0.2, 0.25) is 0 Å². The lowest BCUT2D eigenvalue weighted by Crippen LogP contribution is -2.30. The molecule has 1 N–H and O–H groups in total. The van der Waals surface area contributed by atoms with Crippen molar-refractivity contribution in [3.05, 3.63) is 83.4 Å². The van der Waals surface area contributed by atoms with Crippen molar-refractivity contribution < 1.29 is 4.79 Å². The van der Waals surface area contributed by atoms with Crippen LogP contribution in [0.4, 0.5) is 5.95 Å². The Hall–Kier alpha value is -3.28. The lowest BCUT2D eigenvalue weighted by molar-refractivity contribution is 0.0941. The maximum absolute atomic E-state index is 13.0. The molecule has 0 saturated carbocycles. The van der Waals surface area contributed by atoms with Gasteiger partial charge in [-0.2, -0.15) is 0 Å². The van der Waals surface area contributed by atoms with Crippen LogP contribution in [0.5, 0.6) is 0 Å². The van der Waals surface area contributed by atoms with E-state index in [-0.39, 0.29) is 11.9 Å². The number of aryl methyl sites for hydroxylation is 1. The lowest BCUT2D eigenvalue weighted by Gasteiger charge is -2.20. The zero-order valence-corrected chi connectivity index (χ0v) is 15.9. The Morgan fingerprint density at radius 1 is 1.04 bits per heavy atom. The van der Waals surface area contributed by atoms with Crippen LogP contribution in [0.15, 0.2) is 61.1 Å². The van der Waals surface area contributed by atoms with Gasteiger partial charge >= 0.3 is 0 Å². The van der Waals surface area contributed by atoms with Gasteiger partial charge in [0.15, 0.2) is 0 Å². The SMILES string of the molecule is Cc1nc(N2CCCC2)ncc1C(=O)NC(c1ccccc1)c1cccnc1. The number of pyridine rings is 1. The highest BCUT2D eigenvalue weighted by Gasteiger charge is 2.21. The number of amides is 1. The maximum atomic E-state index is 13.0. The van der Waals surface area contributed by atoms with Crippen LogP contribution in [-0.2, 0) is 0 Å². The van der Waals surface area contributed by atoms with Crippen molar-refractivity contribution in [3.8, 4) is 0 Å². The third kappa shape index (κ3) is 3.86. The van der Waals surface area contributed by atoms with E-state index in [1.54, 1.807) is 18.6 Å². The molecule has 142 valence electrons. The molecule has 1 amide bonds. The number of aromatic nitrogens is 3. The number of hydrogen-bond acceptors (Lipinski definition) is 5. The average Bonchev–Trinajstić information content (AvgIpc) is 3.28. The Balaban J connectivity index is 1.59. The van der Waals surface area contributed by atoms with Gasteiger partial charge in [0.25, 0.3) is 5.91 Å². The van der Waals surface area contributed by atoms with Gasteiger partial charge in [-0.15, -0.1) is 0 Å². The first kappa shape index (κ1) is 18.1. The van der Waals surface area contributed by atoms with Crippen LogP contribution in [0.3, 0.4) is 0 Å². The Bertz CT molecular complexity index is 900. The van der Waals surface area contributed by atoms with Gasteiger partial charge in [0, 0.05) is 31.7 Å². The number of nitrogens with one attached hydrogen (secondary N) is 1. The minimum Gasteiger partial charge on any atom is -0.341 e. The van der Waals surface area contributed by atoms with E-state index < -0.39 is 0 Å². The monoisotopic (exact) mass is 373 g/mol. The molecule has 0 spiro atoms. The molecule has 1 unspecified atom stereocenters. The van der Waals surface area contributed by atoms with E-state index in [0.29, 0.717) is 17.2 Å². The fourth-order valence-electron chi connectivity index (χ4n) is 3.51. The van der Waals surface area contributed by atoms with E-state index in [0.717, 1.165) is 37.1 Å². The second-order valence-corrected chi connectivity index (χ2v) is 6.97. The number of carbonyl (C=O) groups excluding carboxylic acids is 1. The highest BCUT2D eigenvalue weighted by atomic mass is 16.1. The van der Waals surface area contributed by atoms with Gasteiger partial charge in [0.2, 0.25) is 5.95 Å². The highest BCUT2D eigenvalue weighted by molar-refractivity contribution is 5.95. The van der Waals surface area contributed by atoms with Gasteiger partial charge in [-0.05, 0) is 37.0 Å². The molecule has 4 rings (SSSR count). The van der Waals surface area contributed by atoms with Crippen molar-refractivity contribution in [1.82, 2.24) is 20.3 Å². The molecular formula is C22H23N5O. The smallest absolute Gasteiger partial charge is 0.255 e. The van der Waals surface area contributed by atoms with Crippen LogP contribution in [-0.4, -0.2) is 33.9 Å². The predicted octanol–water partition coefficient (Wildman–Crippen LogP) is 3.30. The fourth-order valence-corrected chi connectivity index (χ4v) is 3.51. The van der Waals surface area contributed by atoms with Crippen LogP contribution in [0, 0.1) is 6.92 Å². The summed E-state index contributed by atoms with van der Waals surface area (Å²) >= 11 is 0. The molecule has 0 bridgehead atoms. The first-order valence-electron chi connectivity index (χ1n) is 9.57. The molecule has 6 heteroatoms. The van der Waals surface area contributed by atoms with Crippen molar-refractivity contribution in [2.24, 2.45) is 0 Å². The lowest BCUT2D eigenvalue weighted by atomic mass is 10.00. The Morgan fingerprint density at radius 3 is 2.46 bits per heavy atom. The summed E-state index contributed by atoms with van der Waals surface area (Å²) in [5.41, 5.74) is 3.10. The van der Waals surface area contributed by atoms with Gasteiger partial charge in [0.1, 0.15) is 0 Å². The number of rotatable bonds is 5. The molecule has 1 saturated heterocycles. The van der Waals surface area contributed by atoms with Crippen molar-refractivity contribution in [1.29, 1.82) is 0 Å². The quantitative estimate of drug-likeness (QED) is 0.743. The molecule has 3 aromatic rings. The van der Waals surface area contributed by atoms with E-state index in [1.807, 2.05) is 49.4 Å². The molecule has 0 radical (unpaired) electrons. The molecule has 6 nitrogen and oxygen atoms in total. The average molecular weight is 373 g/mol. The van der Waals surface area contributed by atoms with Crippen LogP contribution in [0.25, 0.3) is 0 Å². The van der Waals surface area contributed by atoms with E-state index in [9.17, 15) is 4.79 Å². The minimum absolute atomic E-state index is 0.192. The topological polar surface area (TPSA) is 71.0 Å². The molecule has 1 atom stereocenters. The molecule has 1 aliphatic rings. The van der Waals surface area contributed by atoms with Crippen LogP contribution in [0.1, 0.15) is 46.1 Å². The fraction of sp³-hybridized carbons (Fsp3) is 0.273. The van der Waals surface area contributed by atoms with Gasteiger partial charge in [-0.1, -0.05) is 36.4 Å². The molecule has 1 aliphatic heterocycles. The predicted molar refractivity (Wildman–Crippen MR) is 108 cm³/mol. The molecule has 2 aromatic heterocycles. The van der Waals surface area contributed by atoms with Crippen LogP contribution >= 0.6 is 0 Å². The minimum atomic E-state index is -0.292. The summed E-state index contributed by atoms with van der Waals surface area (Å²) < 4.78 is 0. The second-order valence-electron chi connectivity index (χ2n) is 6.97. The maximum Gasteiger partial charge on any atom is 0.255 e. The largest absolute Gasteiger partial charge is 0.341 e. The van der Waals surface area contributed by atoms with Crippen molar-refractivity contribution in [2.45, 2.75) is 25.8 Å². The molecule has 28 heavy (non-hydrogen) atoms. The normalized spacial score (nSPS) is 14.7. The van der Waals surface area contributed by atoms with Gasteiger partial charge in [-0.25, -0.2) is 9.97 Å². The van der Waals surface area contributed by atoms with Crippen molar-refractivity contribution >= 4 is 11.9 Å². The standard InChI is InChI=1S/C22H23N5O/c1-16-19(15-24-22(25-16)27-12-5-6-13-27)21(28)26-20(17-8-3-2-4-9-17)18-10-7-11-23-14-18/h2-4,7-11,14-15,20H,5-6,12-13H2,1H3,(H,26,28). The first-order chi connectivity index (χ1) is 13.7. The number of benzene rings is 1. The van der Waals surface area contributed by atoms with E-state index >= 15 is 0 Å². The summed E-state index contributed by atoms with van der Waals surface area (Å²) in [6.45, 7) is 3.81. The number of anilines is 1. The Morgan fingerprint density at radius 2 is 1.79 bits per heavy atom. The third-order valence-corrected chi connectivity index (χ3v) is 5.03. The summed E-state index contributed by atoms with van der Waals surface area (Å²) in [5.74, 6) is 0.515. The highest BCUT2D eigenvalue weighted by Crippen LogP contribution is 2.22. The first-order valence-corrected chi connectivity index (χ1v) is 9.57. The molecular weight excluding hydrogens is 350 g/mol. The summed E-state index contributed by atoms with van der Waals surface area (Å²) in [6, 6.07) is 13.4. The Kier molecular flexibility index (Phi) is 5.28. The van der Waals surface area contributed by atoms with Crippen molar-refractivity contribution in [2.75, 3.05) is 18.0 Å². The molecule has 0 aliphatic carbocycles. The second kappa shape index (κ2) is 8.17. The zero-order chi connectivity index (χ0) is 19.3. The van der Waals surface area contributed by atoms with E-state index in [2.05, 4.69) is 25.2 Å². The summed E-state index contributed by atoms with van der Waals surface area (Å²) in [4.78, 5) is 28.4. The summed E-state index contributed by atoms with van der Waals surface area (Å²) in [6.07, 6.45) is 7.46. The van der Waals surface area contributed by atoms with Crippen molar-refractivity contribution in [3.63, 3.8) is 0 Å². The van der Waals surface area contributed by atoms with Gasteiger partial charge in [-0.3, -0.25) is 9.78 Å². The number of hydrogen-bond donors (Lipinski definition) is 1. The molecule has 1 aromatic carbocycles. The molecule has 1 fully saturated rings. The zero-order valence-electron chi connectivity index (χ0n) is 15.9. The number of carbonyl (C=O) groups is 1.